The van der Waals surface area contributed by atoms with Crippen LogP contribution in [0, 0.1) is 6.92 Å². The zero-order chi connectivity index (χ0) is 13.8. The van der Waals surface area contributed by atoms with Crippen LogP contribution in [-0.4, -0.2) is 24.1 Å². The SMILES string of the molecule is Cc1ccc(NC2CCN(c3ccccc3)CC2)cn1. The first kappa shape index (κ1) is 13.0. The van der Waals surface area contributed by atoms with Crippen LogP contribution in [0.1, 0.15) is 18.5 Å². The molecule has 0 atom stereocenters. The van der Waals surface area contributed by atoms with Gasteiger partial charge in [-0.1, -0.05) is 18.2 Å². The van der Waals surface area contributed by atoms with Crippen molar-refractivity contribution < 1.29 is 0 Å². The summed E-state index contributed by atoms with van der Waals surface area (Å²) < 4.78 is 0. The van der Waals surface area contributed by atoms with Crippen molar-refractivity contribution in [2.45, 2.75) is 25.8 Å². The molecular formula is C17H21N3. The summed E-state index contributed by atoms with van der Waals surface area (Å²) in [7, 11) is 0. The maximum Gasteiger partial charge on any atom is 0.0529 e. The Morgan fingerprint density at radius 3 is 2.45 bits per heavy atom. The van der Waals surface area contributed by atoms with Gasteiger partial charge in [0.2, 0.25) is 0 Å². The molecule has 104 valence electrons. The van der Waals surface area contributed by atoms with E-state index < -0.39 is 0 Å². The van der Waals surface area contributed by atoms with Gasteiger partial charge in [0.05, 0.1) is 11.9 Å². The van der Waals surface area contributed by atoms with Crippen LogP contribution in [0.2, 0.25) is 0 Å². The second-order valence-corrected chi connectivity index (χ2v) is 5.43. The van der Waals surface area contributed by atoms with Crippen LogP contribution < -0.4 is 10.2 Å². The number of hydrogen-bond acceptors (Lipinski definition) is 3. The Morgan fingerprint density at radius 2 is 1.80 bits per heavy atom. The van der Waals surface area contributed by atoms with Gasteiger partial charge in [-0.3, -0.25) is 4.98 Å². The van der Waals surface area contributed by atoms with Gasteiger partial charge in [0.1, 0.15) is 0 Å². The lowest BCUT2D eigenvalue weighted by molar-refractivity contribution is 0.526. The third-order valence-electron chi connectivity index (χ3n) is 3.90. The number of rotatable bonds is 3. The fourth-order valence-electron chi connectivity index (χ4n) is 2.71. The molecule has 0 unspecified atom stereocenters. The van der Waals surface area contributed by atoms with Gasteiger partial charge in [-0.05, 0) is 44.0 Å². The van der Waals surface area contributed by atoms with E-state index >= 15 is 0 Å². The maximum atomic E-state index is 4.33. The molecule has 3 heteroatoms. The average Bonchev–Trinajstić information content (AvgIpc) is 2.51. The Hall–Kier alpha value is -2.03. The fourth-order valence-corrected chi connectivity index (χ4v) is 2.71. The van der Waals surface area contributed by atoms with Gasteiger partial charge in [-0.25, -0.2) is 0 Å². The molecule has 1 aliphatic heterocycles. The van der Waals surface area contributed by atoms with Crippen LogP contribution in [0.3, 0.4) is 0 Å². The zero-order valence-electron chi connectivity index (χ0n) is 11.9. The summed E-state index contributed by atoms with van der Waals surface area (Å²) in [6.07, 6.45) is 4.27. The Kier molecular flexibility index (Phi) is 3.86. The molecule has 1 aromatic carbocycles. The third-order valence-corrected chi connectivity index (χ3v) is 3.90. The summed E-state index contributed by atoms with van der Waals surface area (Å²) in [5.41, 5.74) is 3.53. The molecule has 0 amide bonds. The van der Waals surface area contributed by atoms with Crippen molar-refractivity contribution in [1.29, 1.82) is 0 Å². The molecule has 0 spiro atoms. The summed E-state index contributed by atoms with van der Waals surface area (Å²) in [6.45, 7) is 4.24. The van der Waals surface area contributed by atoms with E-state index in [0.29, 0.717) is 6.04 Å². The highest BCUT2D eigenvalue weighted by Gasteiger charge is 2.19. The number of hydrogen-bond donors (Lipinski definition) is 1. The molecule has 3 nitrogen and oxygen atoms in total. The van der Waals surface area contributed by atoms with E-state index in [9.17, 15) is 0 Å². The van der Waals surface area contributed by atoms with Crippen molar-refractivity contribution in [3.8, 4) is 0 Å². The largest absolute Gasteiger partial charge is 0.381 e. The summed E-state index contributed by atoms with van der Waals surface area (Å²) in [6, 6.07) is 15.4. The van der Waals surface area contributed by atoms with Crippen LogP contribution in [0.4, 0.5) is 11.4 Å². The fraction of sp³-hybridized carbons (Fsp3) is 0.353. The van der Waals surface area contributed by atoms with Crippen molar-refractivity contribution in [1.82, 2.24) is 4.98 Å². The van der Waals surface area contributed by atoms with Gasteiger partial charge in [-0.15, -0.1) is 0 Å². The molecule has 20 heavy (non-hydrogen) atoms. The molecular weight excluding hydrogens is 246 g/mol. The van der Waals surface area contributed by atoms with Gasteiger partial charge >= 0.3 is 0 Å². The molecule has 0 radical (unpaired) electrons. The summed E-state index contributed by atoms with van der Waals surface area (Å²) >= 11 is 0. The molecule has 2 heterocycles. The lowest BCUT2D eigenvalue weighted by Gasteiger charge is -2.34. The predicted molar refractivity (Wildman–Crippen MR) is 84.3 cm³/mol. The smallest absolute Gasteiger partial charge is 0.0529 e. The number of aromatic nitrogens is 1. The number of nitrogens with one attached hydrogen (secondary N) is 1. The van der Waals surface area contributed by atoms with Crippen molar-refractivity contribution in [3.05, 3.63) is 54.4 Å². The molecule has 0 bridgehead atoms. The van der Waals surface area contributed by atoms with E-state index in [1.54, 1.807) is 0 Å². The van der Waals surface area contributed by atoms with Gasteiger partial charge in [-0.2, -0.15) is 0 Å². The van der Waals surface area contributed by atoms with Gasteiger partial charge in [0, 0.05) is 30.5 Å². The number of para-hydroxylation sites is 1. The average molecular weight is 267 g/mol. The monoisotopic (exact) mass is 267 g/mol. The molecule has 2 aromatic rings. The van der Waals surface area contributed by atoms with Gasteiger partial charge in [0.15, 0.2) is 0 Å². The molecule has 1 aliphatic rings. The van der Waals surface area contributed by atoms with Gasteiger partial charge < -0.3 is 10.2 Å². The standard InChI is InChI=1S/C17H21N3/c1-14-7-8-16(13-18-14)19-15-9-11-20(12-10-15)17-5-3-2-4-6-17/h2-8,13,15,19H,9-12H2,1H3. The Labute approximate surface area is 120 Å². The Balaban J connectivity index is 1.55. The van der Waals surface area contributed by atoms with Crippen LogP contribution in [0.15, 0.2) is 48.7 Å². The van der Waals surface area contributed by atoms with Crippen molar-refractivity contribution in [3.63, 3.8) is 0 Å². The predicted octanol–water partition coefficient (Wildman–Crippen LogP) is 3.47. The second kappa shape index (κ2) is 5.95. The van der Waals surface area contributed by atoms with Crippen LogP contribution in [0.25, 0.3) is 0 Å². The van der Waals surface area contributed by atoms with Crippen LogP contribution in [-0.2, 0) is 0 Å². The minimum Gasteiger partial charge on any atom is -0.381 e. The van der Waals surface area contributed by atoms with Crippen molar-refractivity contribution in [2.75, 3.05) is 23.3 Å². The number of pyridine rings is 1. The molecule has 0 aliphatic carbocycles. The van der Waals surface area contributed by atoms with E-state index in [1.165, 1.54) is 18.5 Å². The van der Waals surface area contributed by atoms with E-state index in [0.717, 1.165) is 24.5 Å². The number of nitrogens with zero attached hydrogens (tertiary/aromatic N) is 2. The van der Waals surface area contributed by atoms with E-state index in [4.69, 9.17) is 0 Å². The van der Waals surface area contributed by atoms with Gasteiger partial charge in [0.25, 0.3) is 0 Å². The molecule has 3 rings (SSSR count). The van der Waals surface area contributed by atoms with E-state index in [-0.39, 0.29) is 0 Å². The zero-order valence-corrected chi connectivity index (χ0v) is 11.9. The number of aryl methyl sites for hydroxylation is 1. The lowest BCUT2D eigenvalue weighted by atomic mass is 10.0. The number of benzene rings is 1. The first-order chi connectivity index (χ1) is 9.81. The number of piperidine rings is 1. The highest BCUT2D eigenvalue weighted by Crippen LogP contribution is 2.21. The van der Waals surface area contributed by atoms with E-state index in [2.05, 4.69) is 57.7 Å². The number of anilines is 2. The first-order valence-corrected chi connectivity index (χ1v) is 7.30. The summed E-state index contributed by atoms with van der Waals surface area (Å²) in [5.74, 6) is 0. The highest BCUT2D eigenvalue weighted by molar-refractivity contribution is 5.47. The minimum atomic E-state index is 0.555. The third kappa shape index (κ3) is 3.10. The molecule has 1 fully saturated rings. The normalized spacial score (nSPS) is 16.1. The van der Waals surface area contributed by atoms with Crippen LogP contribution >= 0.6 is 0 Å². The topological polar surface area (TPSA) is 28.2 Å². The Morgan fingerprint density at radius 1 is 1.05 bits per heavy atom. The minimum absolute atomic E-state index is 0.555. The van der Waals surface area contributed by atoms with Crippen molar-refractivity contribution in [2.24, 2.45) is 0 Å². The summed E-state index contributed by atoms with van der Waals surface area (Å²) in [4.78, 5) is 6.80. The lowest BCUT2D eigenvalue weighted by Crippen LogP contribution is -2.39. The molecule has 1 saturated heterocycles. The van der Waals surface area contributed by atoms with Crippen molar-refractivity contribution >= 4 is 11.4 Å². The quantitative estimate of drug-likeness (QED) is 0.923. The molecule has 1 aromatic heterocycles. The maximum absolute atomic E-state index is 4.33. The molecule has 1 N–H and O–H groups in total. The Bertz CT molecular complexity index is 528. The van der Waals surface area contributed by atoms with Crippen LogP contribution in [0.5, 0.6) is 0 Å². The first-order valence-electron chi connectivity index (χ1n) is 7.30. The van der Waals surface area contributed by atoms with E-state index in [1.807, 2.05) is 13.1 Å². The summed E-state index contributed by atoms with van der Waals surface area (Å²) in [5, 5.41) is 3.59. The molecule has 0 saturated carbocycles. The highest BCUT2D eigenvalue weighted by atomic mass is 15.1. The second-order valence-electron chi connectivity index (χ2n) is 5.43.